The maximum Gasteiger partial charge on any atom is 0.417 e. The number of piperidine rings is 1. The standard InChI is InChI=1S/C21H21F3N6O/c1-11-5-6-13(9-26-11)20(31)30-7-3-4-14(10-30)16-8-15(21(22,23)24)17-18(25)27-12(2)28-19(17)29-16/h5-6,8-9,14H,3-4,7,10H2,1-2H3,(H2,25,27,28,29)/t14-/m0/s1. The zero-order valence-corrected chi connectivity index (χ0v) is 17.1. The maximum atomic E-state index is 13.8. The van der Waals surface area contributed by atoms with Crippen molar-refractivity contribution >= 4 is 22.8 Å². The van der Waals surface area contributed by atoms with E-state index < -0.39 is 11.7 Å². The van der Waals surface area contributed by atoms with Gasteiger partial charge in [-0.15, -0.1) is 0 Å². The van der Waals surface area contributed by atoms with Gasteiger partial charge < -0.3 is 10.6 Å². The van der Waals surface area contributed by atoms with Gasteiger partial charge in [0, 0.05) is 36.6 Å². The highest BCUT2D eigenvalue weighted by atomic mass is 19.4. The average Bonchev–Trinajstić information content (AvgIpc) is 2.72. The molecule has 0 saturated carbocycles. The Morgan fingerprint density at radius 1 is 1.19 bits per heavy atom. The fourth-order valence-corrected chi connectivity index (χ4v) is 3.91. The fraction of sp³-hybridized carbons (Fsp3) is 0.381. The lowest BCUT2D eigenvalue weighted by Gasteiger charge is -2.33. The number of hydrogen-bond acceptors (Lipinski definition) is 6. The Balaban J connectivity index is 1.71. The number of fused-ring (bicyclic) bond motifs is 1. The molecule has 162 valence electrons. The van der Waals surface area contributed by atoms with E-state index in [9.17, 15) is 18.0 Å². The van der Waals surface area contributed by atoms with Crippen LogP contribution in [0.25, 0.3) is 11.0 Å². The predicted octanol–water partition coefficient (Wildman–Crippen LogP) is 3.66. The van der Waals surface area contributed by atoms with Crippen molar-refractivity contribution in [3.63, 3.8) is 0 Å². The van der Waals surface area contributed by atoms with Crippen LogP contribution in [-0.2, 0) is 6.18 Å². The molecule has 4 heterocycles. The summed E-state index contributed by atoms with van der Waals surface area (Å²) in [5.74, 6) is -0.550. The van der Waals surface area contributed by atoms with Crippen molar-refractivity contribution in [1.82, 2.24) is 24.8 Å². The van der Waals surface area contributed by atoms with E-state index in [1.807, 2.05) is 6.92 Å². The Morgan fingerprint density at radius 2 is 1.97 bits per heavy atom. The number of aromatic nitrogens is 4. The number of hydrogen-bond donors (Lipinski definition) is 1. The van der Waals surface area contributed by atoms with Crippen LogP contribution in [0.5, 0.6) is 0 Å². The summed E-state index contributed by atoms with van der Waals surface area (Å²) in [6.45, 7) is 4.17. The highest BCUT2D eigenvalue weighted by molar-refractivity contribution is 5.94. The monoisotopic (exact) mass is 430 g/mol. The number of nitrogen functional groups attached to an aromatic ring is 1. The van der Waals surface area contributed by atoms with Crippen LogP contribution in [0.4, 0.5) is 19.0 Å². The van der Waals surface area contributed by atoms with Gasteiger partial charge in [-0.05, 0) is 44.9 Å². The molecule has 1 atom stereocenters. The van der Waals surface area contributed by atoms with Crippen LogP contribution in [0.15, 0.2) is 24.4 Å². The van der Waals surface area contributed by atoms with Gasteiger partial charge in [-0.25, -0.2) is 15.0 Å². The second-order valence-electron chi connectivity index (χ2n) is 7.73. The highest BCUT2D eigenvalue weighted by Crippen LogP contribution is 2.38. The van der Waals surface area contributed by atoms with Crippen molar-refractivity contribution in [1.29, 1.82) is 0 Å². The van der Waals surface area contributed by atoms with Crippen molar-refractivity contribution in [2.24, 2.45) is 0 Å². The Kier molecular flexibility index (Phi) is 5.24. The van der Waals surface area contributed by atoms with Crippen LogP contribution in [0, 0.1) is 13.8 Å². The molecule has 1 saturated heterocycles. The zero-order valence-electron chi connectivity index (χ0n) is 17.1. The minimum atomic E-state index is -4.64. The SMILES string of the molecule is Cc1ccc(C(=O)N2CCC[C@H](c3cc(C(F)(F)F)c4c(N)nc(C)nc4n3)C2)cn1. The largest absolute Gasteiger partial charge is 0.417 e. The summed E-state index contributed by atoms with van der Waals surface area (Å²) in [5.41, 5.74) is 6.27. The van der Waals surface area contributed by atoms with Gasteiger partial charge >= 0.3 is 6.18 Å². The molecule has 7 nitrogen and oxygen atoms in total. The van der Waals surface area contributed by atoms with E-state index in [1.165, 1.54) is 6.20 Å². The molecule has 0 spiro atoms. The van der Waals surface area contributed by atoms with Gasteiger partial charge in [0.25, 0.3) is 5.91 Å². The fourth-order valence-electron chi connectivity index (χ4n) is 3.91. The summed E-state index contributed by atoms with van der Waals surface area (Å²) in [5, 5.41) is -0.295. The first-order chi connectivity index (χ1) is 14.6. The predicted molar refractivity (Wildman–Crippen MR) is 108 cm³/mol. The third-order valence-corrected chi connectivity index (χ3v) is 5.42. The summed E-state index contributed by atoms with van der Waals surface area (Å²) < 4.78 is 41.4. The van der Waals surface area contributed by atoms with Gasteiger partial charge in [0.05, 0.1) is 16.5 Å². The number of amides is 1. The lowest BCUT2D eigenvalue weighted by atomic mass is 9.92. The minimum Gasteiger partial charge on any atom is -0.383 e. The molecule has 0 aromatic carbocycles. The lowest BCUT2D eigenvalue weighted by Crippen LogP contribution is -2.39. The van der Waals surface area contributed by atoms with Gasteiger partial charge in [0.15, 0.2) is 5.65 Å². The van der Waals surface area contributed by atoms with Gasteiger partial charge in [-0.1, -0.05) is 0 Å². The molecule has 0 radical (unpaired) electrons. The molecular formula is C21H21F3N6O. The molecule has 31 heavy (non-hydrogen) atoms. The molecule has 1 fully saturated rings. The number of carbonyl (C=O) groups is 1. The summed E-state index contributed by atoms with van der Waals surface area (Å²) in [7, 11) is 0. The van der Waals surface area contributed by atoms with Crippen molar-refractivity contribution in [3.8, 4) is 0 Å². The topological polar surface area (TPSA) is 97.9 Å². The molecule has 4 rings (SSSR count). The maximum absolute atomic E-state index is 13.8. The van der Waals surface area contributed by atoms with Crippen LogP contribution in [0.2, 0.25) is 0 Å². The number of rotatable bonds is 2. The van der Waals surface area contributed by atoms with Crippen LogP contribution in [0.1, 0.15) is 51.9 Å². The van der Waals surface area contributed by atoms with E-state index >= 15 is 0 Å². The second kappa shape index (κ2) is 7.75. The molecule has 3 aromatic heterocycles. The third kappa shape index (κ3) is 4.14. The van der Waals surface area contributed by atoms with Crippen LogP contribution in [-0.4, -0.2) is 43.8 Å². The molecule has 10 heteroatoms. The number of carbonyl (C=O) groups excluding carboxylic acids is 1. The zero-order chi connectivity index (χ0) is 22.3. The summed E-state index contributed by atoms with van der Waals surface area (Å²) in [6, 6.07) is 4.47. The number of nitrogens with two attached hydrogens (primary N) is 1. The van der Waals surface area contributed by atoms with Crippen molar-refractivity contribution in [2.75, 3.05) is 18.8 Å². The second-order valence-corrected chi connectivity index (χ2v) is 7.73. The molecule has 1 aliphatic rings. The Bertz CT molecular complexity index is 1150. The van der Waals surface area contributed by atoms with E-state index in [-0.39, 0.29) is 46.7 Å². The summed E-state index contributed by atoms with van der Waals surface area (Å²) >= 11 is 0. The number of halogens is 3. The Morgan fingerprint density at radius 3 is 2.65 bits per heavy atom. The Labute approximate surface area is 176 Å². The summed E-state index contributed by atoms with van der Waals surface area (Å²) in [4.78, 5) is 31.0. The molecule has 1 aliphatic heterocycles. The number of likely N-dealkylation sites (tertiary alicyclic amines) is 1. The van der Waals surface area contributed by atoms with Crippen LogP contribution >= 0.6 is 0 Å². The van der Waals surface area contributed by atoms with Gasteiger partial charge in [-0.3, -0.25) is 9.78 Å². The first-order valence-electron chi connectivity index (χ1n) is 9.87. The van der Waals surface area contributed by atoms with Gasteiger partial charge in [0.1, 0.15) is 11.6 Å². The number of pyridine rings is 2. The smallest absolute Gasteiger partial charge is 0.383 e. The first kappa shape index (κ1) is 21.0. The minimum absolute atomic E-state index is 0.0824. The molecule has 2 N–H and O–H groups in total. The van der Waals surface area contributed by atoms with E-state index in [1.54, 1.807) is 24.0 Å². The molecule has 0 bridgehead atoms. The lowest BCUT2D eigenvalue weighted by molar-refractivity contribution is -0.136. The number of alkyl halides is 3. The van der Waals surface area contributed by atoms with Crippen LogP contribution < -0.4 is 5.73 Å². The number of nitrogens with zero attached hydrogens (tertiary/aromatic N) is 5. The number of aryl methyl sites for hydroxylation is 2. The van der Waals surface area contributed by atoms with Crippen molar-refractivity contribution in [2.45, 2.75) is 38.8 Å². The molecule has 3 aromatic rings. The van der Waals surface area contributed by atoms with E-state index in [2.05, 4.69) is 19.9 Å². The first-order valence-corrected chi connectivity index (χ1v) is 9.87. The van der Waals surface area contributed by atoms with Gasteiger partial charge in [0.2, 0.25) is 0 Å². The van der Waals surface area contributed by atoms with Crippen LogP contribution in [0.3, 0.4) is 0 Å². The normalized spacial score (nSPS) is 17.2. The van der Waals surface area contributed by atoms with Gasteiger partial charge in [-0.2, -0.15) is 13.2 Å². The third-order valence-electron chi connectivity index (χ3n) is 5.42. The molecular weight excluding hydrogens is 409 g/mol. The van der Waals surface area contributed by atoms with Crippen molar-refractivity contribution < 1.29 is 18.0 Å². The van der Waals surface area contributed by atoms with Crippen molar-refractivity contribution in [3.05, 3.63) is 52.7 Å². The Hall–Kier alpha value is -3.30. The average molecular weight is 430 g/mol. The van der Waals surface area contributed by atoms with E-state index in [0.717, 1.165) is 11.8 Å². The van der Waals surface area contributed by atoms with E-state index in [4.69, 9.17) is 5.73 Å². The summed E-state index contributed by atoms with van der Waals surface area (Å²) in [6.07, 6.45) is -1.85. The quantitative estimate of drug-likeness (QED) is 0.666. The number of anilines is 1. The van der Waals surface area contributed by atoms with E-state index in [0.29, 0.717) is 24.9 Å². The molecule has 0 aliphatic carbocycles. The highest BCUT2D eigenvalue weighted by Gasteiger charge is 2.36. The molecule has 1 amide bonds. The molecule has 0 unspecified atom stereocenters.